The van der Waals surface area contributed by atoms with Gasteiger partial charge < -0.3 is 5.32 Å². The quantitative estimate of drug-likeness (QED) is 0.654. The SMILES string of the molecule is Cc1ccc(C)c(C(=O)C=CNc2ccccc2)c1. The Morgan fingerprint density at radius 3 is 2.53 bits per heavy atom. The fourth-order valence-corrected chi connectivity index (χ4v) is 1.84. The van der Waals surface area contributed by atoms with Gasteiger partial charge in [0.2, 0.25) is 0 Å². The molecule has 2 aromatic rings. The van der Waals surface area contributed by atoms with E-state index in [0.29, 0.717) is 0 Å². The van der Waals surface area contributed by atoms with Crippen LogP contribution in [0.3, 0.4) is 0 Å². The lowest BCUT2D eigenvalue weighted by atomic mass is 10.0. The summed E-state index contributed by atoms with van der Waals surface area (Å²) >= 11 is 0. The third-order valence-corrected chi connectivity index (χ3v) is 2.92. The predicted molar refractivity (Wildman–Crippen MR) is 79.5 cm³/mol. The number of nitrogens with one attached hydrogen (secondary N) is 1. The monoisotopic (exact) mass is 251 g/mol. The number of anilines is 1. The molecule has 0 aromatic heterocycles. The van der Waals surface area contributed by atoms with E-state index in [1.54, 1.807) is 12.3 Å². The second-order valence-corrected chi connectivity index (χ2v) is 4.53. The van der Waals surface area contributed by atoms with Crippen LogP contribution in [0.15, 0.2) is 60.8 Å². The lowest BCUT2D eigenvalue weighted by Crippen LogP contribution is -1.99. The molecule has 0 bridgehead atoms. The number of para-hydroxylation sites is 1. The van der Waals surface area contributed by atoms with Gasteiger partial charge in [-0.1, -0.05) is 35.9 Å². The van der Waals surface area contributed by atoms with Gasteiger partial charge in [0.25, 0.3) is 0 Å². The molecule has 0 atom stereocenters. The average Bonchev–Trinajstić information content (AvgIpc) is 2.42. The van der Waals surface area contributed by atoms with Gasteiger partial charge in [0.15, 0.2) is 5.78 Å². The van der Waals surface area contributed by atoms with Crippen molar-refractivity contribution in [2.24, 2.45) is 0 Å². The lowest BCUT2D eigenvalue weighted by molar-refractivity contribution is 0.104. The number of carbonyl (C=O) groups excluding carboxylic acids is 1. The van der Waals surface area contributed by atoms with Crippen molar-refractivity contribution in [3.8, 4) is 0 Å². The summed E-state index contributed by atoms with van der Waals surface area (Å²) in [5.74, 6) is 0.0182. The van der Waals surface area contributed by atoms with Crippen LogP contribution in [0.2, 0.25) is 0 Å². The maximum absolute atomic E-state index is 12.1. The van der Waals surface area contributed by atoms with Crippen LogP contribution in [0.5, 0.6) is 0 Å². The highest BCUT2D eigenvalue weighted by Crippen LogP contribution is 2.12. The molecule has 0 amide bonds. The number of ketones is 1. The Bertz CT molecular complexity index is 600. The largest absolute Gasteiger partial charge is 0.362 e. The molecule has 0 saturated carbocycles. The highest BCUT2D eigenvalue weighted by molar-refractivity contribution is 6.05. The smallest absolute Gasteiger partial charge is 0.187 e. The molecular weight excluding hydrogens is 234 g/mol. The molecule has 2 aromatic carbocycles. The highest BCUT2D eigenvalue weighted by Gasteiger charge is 2.05. The van der Waals surface area contributed by atoms with Gasteiger partial charge in [0, 0.05) is 23.5 Å². The van der Waals surface area contributed by atoms with E-state index in [-0.39, 0.29) is 5.78 Å². The van der Waals surface area contributed by atoms with Crippen LogP contribution in [-0.4, -0.2) is 5.78 Å². The Balaban J connectivity index is 2.07. The summed E-state index contributed by atoms with van der Waals surface area (Å²) in [5, 5.41) is 3.08. The molecular formula is C17H17NO. The number of benzene rings is 2. The van der Waals surface area contributed by atoms with Crippen LogP contribution >= 0.6 is 0 Å². The lowest BCUT2D eigenvalue weighted by Gasteiger charge is -2.03. The van der Waals surface area contributed by atoms with Crippen LogP contribution in [0.25, 0.3) is 0 Å². The first-order valence-corrected chi connectivity index (χ1v) is 6.26. The van der Waals surface area contributed by atoms with Gasteiger partial charge in [-0.15, -0.1) is 0 Å². The molecule has 19 heavy (non-hydrogen) atoms. The average molecular weight is 251 g/mol. The van der Waals surface area contributed by atoms with E-state index in [1.807, 2.05) is 62.4 Å². The van der Waals surface area contributed by atoms with Gasteiger partial charge in [0.05, 0.1) is 0 Å². The summed E-state index contributed by atoms with van der Waals surface area (Å²) < 4.78 is 0. The van der Waals surface area contributed by atoms with Gasteiger partial charge in [0.1, 0.15) is 0 Å². The molecule has 0 unspecified atom stereocenters. The summed E-state index contributed by atoms with van der Waals surface area (Å²) in [6.45, 7) is 3.94. The van der Waals surface area contributed by atoms with E-state index in [2.05, 4.69) is 5.32 Å². The molecule has 0 saturated heterocycles. The zero-order chi connectivity index (χ0) is 13.7. The summed E-state index contributed by atoms with van der Waals surface area (Å²) in [7, 11) is 0. The molecule has 0 spiro atoms. The Kier molecular flexibility index (Phi) is 4.14. The summed E-state index contributed by atoms with van der Waals surface area (Å²) in [6, 6.07) is 15.7. The van der Waals surface area contributed by atoms with Crippen molar-refractivity contribution in [1.82, 2.24) is 0 Å². The normalized spacial score (nSPS) is 10.6. The topological polar surface area (TPSA) is 29.1 Å². The number of hydrogen-bond donors (Lipinski definition) is 1. The molecule has 0 heterocycles. The molecule has 0 fully saturated rings. The number of rotatable bonds is 4. The van der Waals surface area contributed by atoms with Crippen molar-refractivity contribution in [1.29, 1.82) is 0 Å². The Labute approximate surface area is 113 Å². The minimum absolute atomic E-state index is 0.0182. The molecule has 2 nitrogen and oxygen atoms in total. The Morgan fingerprint density at radius 1 is 1.05 bits per heavy atom. The van der Waals surface area contributed by atoms with Crippen molar-refractivity contribution in [3.05, 3.63) is 77.5 Å². The van der Waals surface area contributed by atoms with Crippen LogP contribution in [-0.2, 0) is 0 Å². The van der Waals surface area contributed by atoms with Gasteiger partial charge in [-0.3, -0.25) is 4.79 Å². The van der Waals surface area contributed by atoms with Crippen LogP contribution in [0.4, 0.5) is 5.69 Å². The number of hydrogen-bond acceptors (Lipinski definition) is 2. The van der Waals surface area contributed by atoms with Crippen LogP contribution in [0, 0.1) is 13.8 Å². The fraction of sp³-hybridized carbons (Fsp3) is 0.118. The van der Waals surface area contributed by atoms with E-state index in [4.69, 9.17) is 0 Å². The third kappa shape index (κ3) is 3.55. The van der Waals surface area contributed by atoms with Crippen molar-refractivity contribution >= 4 is 11.5 Å². The zero-order valence-corrected chi connectivity index (χ0v) is 11.2. The minimum atomic E-state index is 0.0182. The molecule has 1 N–H and O–H groups in total. The first-order valence-electron chi connectivity index (χ1n) is 6.26. The second kappa shape index (κ2) is 6.01. The Hall–Kier alpha value is -2.35. The van der Waals surface area contributed by atoms with E-state index in [1.165, 1.54) is 0 Å². The van der Waals surface area contributed by atoms with Crippen molar-refractivity contribution < 1.29 is 4.79 Å². The second-order valence-electron chi connectivity index (χ2n) is 4.53. The third-order valence-electron chi connectivity index (χ3n) is 2.92. The van der Waals surface area contributed by atoms with E-state index in [0.717, 1.165) is 22.4 Å². The highest BCUT2D eigenvalue weighted by atomic mass is 16.1. The van der Waals surface area contributed by atoms with Crippen LogP contribution in [0.1, 0.15) is 21.5 Å². The van der Waals surface area contributed by atoms with Crippen molar-refractivity contribution in [2.75, 3.05) is 5.32 Å². The summed E-state index contributed by atoms with van der Waals surface area (Å²) in [6.07, 6.45) is 3.24. The Morgan fingerprint density at radius 2 is 1.79 bits per heavy atom. The maximum Gasteiger partial charge on any atom is 0.187 e. The molecule has 0 radical (unpaired) electrons. The van der Waals surface area contributed by atoms with Crippen LogP contribution < -0.4 is 5.32 Å². The van der Waals surface area contributed by atoms with Gasteiger partial charge >= 0.3 is 0 Å². The molecule has 0 aliphatic heterocycles. The molecule has 2 rings (SSSR count). The maximum atomic E-state index is 12.1. The molecule has 0 aliphatic carbocycles. The molecule has 96 valence electrons. The van der Waals surface area contributed by atoms with E-state index < -0.39 is 0 Å². The first kappa shape index (κ1) is 13.1. The van der Waals surface area contributed by atoms with Gasteiger partial charge in [-0.25, -0.2) is 0 Å². The molecule has 0 aliphatic rings. The van der Waals surface area contributed by atoms with E-state index in [9.17, 15) is 4.79 Å². The summed E-state index contributed by atoms with van der Waals surface area (Å²) in [5.41, 5.74) is 3.82. The molecule has 2 heteroatoms. The fourth-order valence-electron chi connectivity index (χ4n) is 1.84. The van der Waals surface area contributed by atoms with Gasteiger partial charge in [-0.05, 0) is 37.6 Å². The number of carbonyl (C=O) groups is 1. The standard InChI is InChI=1S/C17H17NO/c1-13-8-9-14(2)16(12-13)17(19)10-11-18-15-6-4-3-5-7-15/h3-12,18H,1-2H3. The summed E-state index contributed by atoms with van der Waals surface area (Å²) in [4.78, 5) is 12.1. The number of aryl methyl sites for hydroxylation is 2. The van der Waals surface area contributed by atoms with Crippen molar-refractivity contribution in [3.63, 3.8) is 0 Å². The number of allylic oxidation sites excluding steroid dienone is 1. The van der Waals surface area contributed by atoms with Gasteiger partial charge in [-0.2, -0.15) is 0 Å². The van der Waals surface area contributed by atoms with E-state index >= 15 is 0 Å². The first-order chi connectivity index (χ1) is 9.16. The van der Waals surface area contributed by atoms with Crippen molar-refractivity contribution in [2.45, 2.75) is 13.8 Å². The predicted octanol–water partition coefficient (Wildman–Crippen LogP) is 4.11. The minimum Gasteiger partial charge on any atom is -0.362 e. The zero-order valence-electron chi connectivity index (χ0n) is 11.2.